The second-order valence-corrected chi connectivity index (χ2v) is 4.45. The number of hydrogen-bond donors (Lipinski definition) is 2. The third-order valence-corrected chi connectivity index (χ3v) is 2.60. The van der Waals surface area contributed by atoms with Gasteiger partial charge in [-0.05, 0) is 0 Å². The number of esters is 1. The fourth-order valence-corrected chi connectivity index (χ4v) is 1.76. The number of hydrogen-bond acceptors (Lipinski definition) is 5. The predicted molar refractivity (Wildman–Crippen MR) is 50.6 cm³/mol. The number of ether oxygens (including phenoxy) is 1. The van der Waals surface area contributed by atoms with Crippen LogP contribution in [0.1, 0.15) is 0 Å². The Kier molecular flexibility index (Phi) is 4.81. The smallest absolute Gasteiger partial charge is 0.320 e. The lowest BCUT2D eigenvalue weighted by Crippen LogP contribution is -2.35. The summed E-state index contributed by atoms with van der Waals surface area (Å²) in [6.07, 6.45) is 0. The summed E-state index contributed by atoms with van der Waals surface area (Å²) in [6, 6.07) is 0. The van der Waals surface area contributed by atoms with Crippen LogP contribution < -0.4 is 10.5 Å². The first-order chi connectivity index (χ1) is 5.87. The Hall–Kier alpha value is -0.730. The van der Waals surface area contributed by atoms with Gasteiger partial charge >= 0.3 is 5.97 Å². The molecule has 0 aromatic rings. The summed E-state index contributed by atoms with van der Waals surface area (Å²) in [6.45, 7) is -0.415. The van der Waals surface area contributed by atoms with Gasteiger partial charge in [0.05, 0.1) is 12.1 Å². The average Bonchev–Trinajstić information content (AvgIpc) is 1.98. The number of rotatable bonds is 5. The zero-order valence-electron chi connectivity index (χ0n) is 6.94. The molecule has 76 valence electrons. The number of nitrogens with two attached hydrogens (primary N) is 1. The first kappa shape index (κ1) is 12.3. The normalized spacial score (nSPS) is 10.8. The molecule has 0 aliphatic carbocycles. The molecule has 0 fully saturated rings. The largest absolute Gasteiger partial charge is 0.468 e. The van der Waals surface area contributed by atoms with Crippen molar-refractivity contribution in [2.45, 2.75) is 0 Å². The quantitative estimate of drug-likeness (QED) is 0.431. The van der Waals surface area contributed by atoms with Crippen molar-refractivity contribution in [1.29, 1.82) is 0 Å². The van der Waals surface area contributed by atoms with E-state index in [2.05, 4.69) is 17.0 Å². The van der Waals surface area contributed by atoms with Gasteiger partial charge in [0.1, 0.15) is 12.3 Å². The highest BCUT2D eigenvalue weighted by Gasteiger charge is 2.13. The Morgan fingerprint density at radius 3 is 2.54 bits per heavy atom. The second kappa shape index (κ2) is 5.10. The molecule has 0 rings (SSSR count). The molecule has 0 aliphatic heterocycles. The van der Waals surface area contributed by atoms with Crippen molar-refractivity contribution in [2.75, 3.05) is 19.4 Å². The summed E-state index contributed by atoms with van der Waals surface area (Å²) in [4.78, 5) is 10.4. The molecule has 8 heteroatoms. The molecule has 0 aromatic heterocycles. The van der Waals surface area contributed by atoms with Gasteiger partial charge in [-0.15, -0.1) is 0 Å². The van der Waals surface area contributed by atoms with Crippen molar-refractivity contribution in [3.63, 3.8) is 0 Å². The fourth-order valence-electron chi connectivity index (χ4n) is 0.479. The molecule has 3 N–H and O–H groups in total. The Morgan fingerprint density at radius 2 is 2.15 bits per heavy atom. The number of thiocarbonyl (C=S) groups is 1. The Bertz CT molecular complexity index is 298. The Balaban J connectivity index is 4.05. The van der Waals surface area contributed by atoms with Crippen molar-refractivity contribution in [1.82, 2.24) is 4.72 Å². The van der Waals surface area contributed by atoms with Crippen LogP contribution in [0, 0.1) is 0 Å². The minimum atomic E-state index is -3.60. The summed E-state index contributed by atoms with van der Waals surface area (Å²) >= 11 is 4.39. The third kappa shape index (κ3) is 6.43. The van der Waals surface area contributed by atoms with Crippen molar-refractivity contribution >= 4 is 33.2 Å². The molecule has 0 aliphatic rings. The van der Waals surface area contributed by atoms with Crippen LogP contribution in [0.25, 0.3) is 0 Å². The minimum absolute atomic E-state index is 0.155. The van der Waals surface area contributed by atoms with E-state index in [9.17, 15) is 13.2 Å². The molecule has 0 atom stereocenters. The van der Waals surface area contributed by atoms with Crippen molar-refractivity contribution in [3.8, 4) is 0 Å². The molecule has 0 spiro atoms. The summed E-state index contributed by atoms with van der Waals surface area (Å²) in [5.74, 6) is -1.15. The van der Waals surface area contributed by atoms with E-state index in [1.807, 2.05) is 4.72 Å². The maximum Gasteiger partial charge on any atom is 0.320 e. The van der Waals surface area contributed by atoms with Crippen molar-refractivity contribution in [2.24, 2.45) is 5.73 Å². The van der Waals surface area contributed by atoms with E-state index in [1.165, 1.54) is 0 Å². The van der Waals surface area contributed by atoms with Crippen molar-refractivity contribution < 1.29 is 17.9 Å². The molecule has 0 radical (unpaired) electrons. The van der Waals surface area contributed by atoms with Crippen LogP contribution in [0.3, 0.4) is 0 Å². The predicted octanol–water partition coefficient (Wildman–Crippen LogP) is -1.64. The molecule has 0 bridgehead atoms. The number of sulfonamides is 1. The molecule has 0 aromatic carbocycles. The Labute approximate surface area is 81.5 Å². The van der Waals surface area contributed by atoms with Crippen LogP contribution in [0.4, 0.5) is 0 Å². The highest BCUT2D eigenvalue weighted by Crippen LogP contribution is 1.84. The second-order valence-electron chi connectivity index (χ2n) is 2.12. The average molecular weight is 226 g/mol. The monoisotopic (exact) mass is 226 g/mol. The number of carbonyl (C=O) groups is 1. The summed E-state index contributed by atoms with van der Waals surface area (Å²) in [7, 11) is -2.45. The maximum atomic E-state index is 11.0. The van der Waals surface area contributed by atoms with E-state index < -0.39 is 28.3 Å². The highest BCUT2D eigenvalue weighted by atomic mass is 32.2. The molecule has 6 nitrogen and oxygen atoms in total. The van der Waals surface area contributed by atoms with E-state index >= 15 is 0 Å². The van der Waals surface area contributed by atoms with E-state index in [-0.39, 0.29) is 4.99 Å². The highest BCUT2D eigenvalue weighted by molar-refractivity contribution is 7.92. The number of nitrogens with one attached hydrogen (secondary N) is 1. The topological polar surface area (TPSA) is 98.5 Å². The summed E-state index contributed by atoms with van der Waals surface area (Å²) < 4.78 is 28.1. The van der Waals surface area contributed by atoms with E-state index in [4.69, 9.17) is 5.73 Å². The zero-order chi connectivity index (χ0) is 10.5. The van der Waals surface area contributed by atoms with Crippen LogP contribution in [-0.4, -0.2) is 38.8 Å². The molecule has 0 saturated carbocycles. The van der Waals surface area contributed by atoms with Crippen LogP contribution in [0.5, 0.6) is 0 Å². The van der Waals surface area contributed by atoms with Gasteiger partial charge in [-0.25, -0.2) is 13.1 Å². The molecule has 0 heterocycles. The minimum Gasteiger partial charge on any atom is -0.468 e. The fraction of sp³-hybridized carbons (Fsp3) is 0.600. The number of methoxy groups -OCH3 is 1. The van der Waals surface area contributed by atoms with E-state index in [1.54, 1.807) is 0 Å². The maximum absolute atomic E-state index is 11.0. The summed E-state index contributed by atoms with van der Waals surface area (Å²) in [5, 5.41) is 0. The standard InChI is InChI=1S/C5H10N2O4S2/c1-11-5(8)2-7-13(9,10)3-4(6)12/h7H,2-3H2,1H3,(H2,6,12). The van der Waals surface area contributed by atoms with Gasteiger partial charge in [0.15, 0.2) is 0 Å². The van der Waals surface area contributed by atoms with Crippen LogP contribution >= 0.6 is 12.2 Å². The lowest BCUT2D eigenvalue weighted by atomic mass is 10.7. The van der Waals surface area contributed by atoms with Gasteiger partial charge < -0.3 is 10.5 Å². The molecule has 13 heavy (non-hydrogen) atoms. The first-order valence-electron chi connectivity index (χ1n) is 3.20. The van der Waals surface area contributed by atoms with Gasteiger partial charge in [-0.1, -0.05) is 12.2 Å². The van der Waals surface area contributed by atoms with Gasteiger partial charge in [0.2, 0.25) is 10.0 Å². The van der Waals surface area contributed by atoms with Gasteiger partial charge in [0.25, 0.3) is 0 Å². The van der Waals surface area contributed by atoms with Gasteiger partial charge in [-0.2, -0.15) is 0 Å². The van der Waals surface area contributed by atoms with Gasteiger partial charge in [-0.3, -0.25) is 4.79 Å². The molecule has 0 amide bonds. The van der Waals surface area contributed by atoms with Crippen molar-refractivity contribution in [3.05, 3.63) is 0 Å². The zero-order valence-corrected chi connectivity index (χ0v) is 8.57. The van der Waals surface area contributed by atoms with Gasteiger partial charge in [0, 0.05) is 0 Å². The van der Waals surface area contributed by atoms with Crippen LogP contribution in [-0.2, 0) is 19.6 Å². The Morgan fingerprint density at radius 1 is 1.62 bits per heavy atom. The molecule has 0 unspecified atom stereocenters. The van der Waals surface area contributed by atoms with E-state index in [0.717, 1.165) is 7.11 Å². The third-order valence-electron chi connectivity index (χ3n) is 0.996. The SMILES string of the molecule is COC(=O)CNS(=O)(=O)CC(N)=S. The first-order valence-corrected chi connectivity index (χ1v) is 5.26. The number of carbonyl (C=O) groups excluding carboxylic acids is 1. The van der Waals surface area contributed by atoms with Crippen LogP contribution in [0.15, 0.2) is 0 Å². The lowest BCUT2D eigenvalue weighted by molar-refractivity contribution is -0.139. The summed E-state index contributed by atoms with van der Waals surface area (Å²) in [5.41, 5.74) is 5.01. The lowest BCUT2D eigenvalue weighted by Gasteiger charge is -2.03. The van der Waals surface area contributed by atoms with Crippen LogP contribution in [0.2, 0.25) is 0 Å². The molecule has 0 saturated heterocycles. The molecular formula is C5H10N2O4S2. The molecular weight excluding hydrogens is 216 g/mol. The van der Waals surface area contributed by atoms with E-state index in [0.29, 0.717) is 0 Å².